The second kappa shape index (κ2) is 9.06. The van der Waals surface area contributed by atoms with E-state index in [9.17, 15) is 0 Å². The first-order valence-corrected chi connectivity index (χ1v) is 10.2. The monoisotopic (exact) mass is 409 g/mol. The predicted molar refractivity (Wildman–Crippen MR) is 115 cm³/mol. The van der Waals surface area contributed by atoms with Crippen LogP contribution in [0.5, 0.6) is 5.75 Å². The summed E-state index contributed by atoms with van der Waals surface area (Å²) in [6, 6.07) is 10.1. The number of anilines is 3. The molecule has 1 saturated heterocycles. The van der Waals surface area contributed by atoms with Crippen LogP contribution in [0.25, 0.3) is 0 Å². The molecule has 8 nitrogen and oxygen atoms in total. The van der Waals surface area contributed by atoms with Gasteiger partial charge in [0.15, 0.2) is 0 Å². The largest absolute Gasteiger partial charge is 0.497 e. The van der Waals surface area contributed by atoms with Crippen LogP contribution in [-0.4, -0.2) is 57.5 Å². The summed E-state index contributed by atoms with van der Waals surface area (Å²) in [6.07, 6.45) is 4.95. The zero-order valence-corrected chi connectivity index (χ0v) is 17.3. The Labute approximate surface area is 174 Å². The molecule has 1 fully saturated rings. The van der Waals surface area contributed by atoms with Gasteiger partial charge in [-0.25, -0.2) is 19.3 Å². The number of hydrogen-bond acceptors (Lipinski definition) is 9. The van der Waals surface area contributed by atoms with E-state index in [1.807, 2.05) is 25.1 Å². The summed E-state index contributed by atoms with van der Waals surface area (Å²) in [5.41, 5.74) is 1.72. The van der Waals surface area contributed by atoms with Crippen molar-refractivity contribution in [3.8, 4) is 5.75 Å². The average Bonchev–Trinajstić information content (AvgIpc) is 2.75. The zero-order valence-electron chi connectivity index (χ0n) is 16.4. The highest BCUT2D eigenvalue weighted by Gasteiger charge is 2.20. The highest BCUT2D eigenvalue weighted by molar-refractivity contribution is 7.97. The van der Waals surface area contributed by atoms with Crippen LogP contribution in [0.4, 0.5) is 17.5 Å². The molecule has 3 heterocycles. The molecule has 9 heteroatoms. The van der Waals surface area contributed by atoms with Crippen molar-refractivity contribution in [3.05, 3.63) is 54.7 Å². The molecular weight excluding hydrogens is 386 g/mol. The summed E-state index contributed by atoms with van der Waals surface area (Å²) in [6.45, 7) is 5.60. The summed E-state index contributed by atoms with van der Waals surface area (Å²) < 4.78 is 7.59. The zero-order chi connectivity index (χ0) is 20.1. The molecule has 0 radical (unpaired) electrons. The summed E-state index contributed by atoms with van der Waals surface area (Å²) in [5, 5.41) is 3.25. The van der Waals surface area contributed by atoms with Gasteiger partial charge in [-0.1, -0.05) is 0 Å². The van der Waals surface area contributed by atoms with Gasteiger partial charge in [0, 0.05) is 42.8 Å². The number of ether oxygens (including phenoxy) is 1. The van der Waals surface area contributed by atoms with Gasteiger partial charge in [-0.2, -0.15) is 4.98 Å². The molecule has 1 aromatic carbocycles. The molecule has 150 valence electrons. The van der Waals surface area contributed by atoms with Crippen LogP contribution in [0.2, 0.25) is 0 Å². The average molecular weight is 410 g/mol. The van der Waals surface area contributed by atoms with Crippen LogP contribution in [0.15, 0.2) is 53.9 Å². The van der Waals surface area contributed by atoms with Gasteiger partial charge in [0.05, 0.1) is 25.2 Å². The van der Waals surface area contributed by atoms with E-state index in [2.05, 4.69) is 46.6 Å². The highest BCUT2D eigenvalue weighted by atomic mass is 32.2. The first-order chi connectivity index (χ1) is 14.2. The lowest BCUT2D eigenvalue weighted by molar-refractivity contribution is 0.414. The number of methoxy groups -OCH3 is 1. The quantitative estimate of drug-likeness (QED) is 0.618. The van der Waals surface area contributed by atoms with Gasteiger partial charge in [-0.15, -0.1) is 0 Å². The second-order valence-electron chi connectivity index (χ2n) is 6.63. The third-order valence-corrected chi connectivity index (χ3v) is 5.60. The van der Waals surface area contributed by atoms with Crippen molar-refractivity contribution in [1.29, 1.82) is 0 Å². The van der Waals surface area contributed by atoms with Crippen LogP contribution >= 0.6 is 11.9 Å². The minimum atomic E-state index is 0.748. The summed E-state index contributed by atoms with van der Waals surface area (Å²) in [4.78, 5) is 20.8. The van der Waals surface area contributed by atoms with Crippen LogP contribution in [0.3, 0.4) is 0 Å². The Balaban J connectivity index is 1.37. The molecule has 0 saturated carbocycles. The number of hydrogen-bond donors (Lipinski definition) is 1. The van der Waals surface area contributed by atoms with E-state index in [0.29, 0.717) is 0 Å². The van der Waals surface area contributed by atoms with Gasteiger partial charge in [0.1, 0.15) is 17.9 Å². The fourth-order valence-electron chi connectivity index (χ4n) is 3.03. The van der Waals surface area contributed by atoms with Crippen molar-refractivity contribution in [2.75, 3.05) is 43.5 Å². The van der Waals surface area contributed by atoms with Gasteiger partial charge >= 0.3 is 0 Å². The summed E-state index contributed by atoms with van der Waals surface area (Å²) in [5.74, 6) is 2.37. The first-order valence-electron chi connectivity index (χ1n) is 9.39. The normalized spacial score (nSPS) is 14.6. The van der Waals surface area contributed by atoms with E-state index in [1.165, 1.54) is 11.2 Å². The maximum atomic E-state index is 5.22. The third-order valence-electron chi connectivity index (χ3n) is 4.49. The minimum absolute atomic E-state index is 0.748. The molecule has 0 spiro atoms. The van der Waals surface area contributed by atoms with Crippen molar-refractivity contribution < 1.29 is 4.74 Å². The van der Waals surface area contributed by atoms with Gasteiger partial charge < -0.3 is 15.0 Å². The van der Waals surface area contributed by atoms with Gasteiger partial charge in [0.25, 0.3) is 0 Å². The van der Waals surface area contributed by atoms with Crippen molar-refractivity contribution >= 4 is 29.4 Å². The number of nitrogens with one attached hydrogen (secondary N) is 1. The van der Waals surface area contributed by atoms with Gasteiger partial charge in [0.2, 0.25) is 5.95 Å². The Morgan fingerprint density at radius 2 is 1.72 bits per heavy atom. The fourth-order valence-corrected chi connectivity index (χ4v) is 3.94. The molecule has 0 bridgehead atoms. The minimum Gasteiger partial charge on any atom is -0.497 e. The Morgan fingerprint density at radius 1 is 1.00 bits per heavy atom. The van der Waals surface area contributed by atoms with E-state index in [-0.39, 0.29) is 0 Å². The molecule has 1 aliphatic rings. The van der Waals surface area contributed by atoms with Gasteiger partial charge in [-0.3, -0.25) is 0 Å². The molecule has 1 aliphatic heterocycles. The number of rotatable bonds is 6. The molecule has 3 aromatic rings. The second-order valence-corrected chi connectivity index (χ2v) is 7.80. The SMILES string of the molecule is COc1ccc(SN2CCN(c3nc(C)cc(Nc4cncnc4)n3)CC2)cc1. The van der Waals surface area contributed by atoms with E-state index in [4.69, 9.17) is 4.74 Å². The van der Waals surface area contributed by atoms with Crippen LogP contribution in [0.1, 0.15) is 5.69 Å². The van der Waals surface area contributed by atoms with E-state index in [0.717, 1.165) is 55.1 Å². The maximum Gasteiger partial charge on any atom is 0.227 e. The number of aromatic nitrogens is 4. The first kappa shape index (κ1) is 19.4. The van der Waals surface area contributed by atoms with Crippen molar-refractivity contribution in [2.24, 2.45) is 0 Å². The Kier molecular flexibility index (Phi) is 6.06. The number of benzene rings is 1. The molecular formula is C20H23N7OS. The van der Waals surface area contributed by atoms with Crippen LogP contribution in [0, 0.1) is 6.92 Å². The molecule has 1 N–H and O–H groups in total. The van der Waals surface area contributed by atoms with Crippen LogP contribution in [-0.2, 0) is 0 Å². The van der Waals surface area contributed by atoms with E-state index < -0.39 is 0 Å². The Morgan fingerprint density at radius 3 is 2.41 bits per heavy atom. The lowest BCUT2D eigenvalue weighted by atomic mass is 10.3. The number of nitrogens with zero attached hydrogens (tertiary/aromatic N) is 6. The van der Waals surface area contributed by atoms with Crippen molar-refractivity contribution in [3.63, 3.8) is 0 Å². The number of aryl methyl sites for hydroxylation is 1. The van der Waals surface area contributed by atoms with E-state index in [1.54, 1.807) is 31.5 Å². The van der Waals surface area contributed by atoms with Gasteiger partial charge in [-0.05, 0) is 43.1 Å². The summed E-state index contributed by atoms with van der Waals surface area (Å²) >= 11 is 1.77. The predicted octanol–water partition coefficient (Wildman–Crippen LogP) is 3.16. The number of piperazine rings is 1. The Hall–Kier alpha value is -2.91. The fraction of sp³-hybridized carbons (Fsp3) is 0.300. The van der Waals surface area contributed by atoms with Crippen molar-refractivity contribution in [2.45, 2.75) is 11.8 Å². The lowest BCUT2D eigenvalue weighted by Crippen LogP contribution is -2.44. The third kappa shape index (κ3) is 5.12. The summed E-state index contributed by atoms with van der Waals surface area (Å²) in [7, 11) is 1.68. The standard InChI is InChI=1S/C20H23N7OS/c1-15-11-19(24-16-12-21-14-22-13-16)25-20(23-15)26-7-9-27(10-8-26)29-18-5-3-17(28-2)4-6-18/h3-6,11-14H,7-10H2,1-2H3,(H,23,24,25). The molecule has 4 rings (SSSR count). The molecule has 0 atom stereocenters. The molecule has 2 aromatic heterocycles. The molecule has 0 aliphatic carbocycles. The van der Waals surface area contributed by atoms with Crippen LogP contribution < -0.4 is 15.0 Å². The Bertz CT molecular complexity index is 931. The highest BCUT2D eigenvalue weighted by Crippen LogP contribution is 2.27. The lowest BCUT2D eigenvalue weighted by Gasteiger charge is -2.34. The molecule has 29 heavy (non-hydrogen) atoms. The van der Waals surface area contributed by atoms with Crippen molar-refractivity contribution in [1.82, 2.24) is 24.2 Å². The topological polar surface area (TPSA) is 79.3 Å². The van der Waals surface area contributed by atoms with E-state index >= 15 is 0 Å². The smallest absolute Gasteiger partial charge is 0.227 e. The molecule has 0 unspecified atom stereocenters. The maximum absolute atomic E-state index is 5.22. The molecule has 0 amide bonds.